The summed E-state index contributed by atoms with van der Waals surface area (Å²) < 4.78 is 6.60. The normalized spacial score (nSPS) is 16.2. The van der Waals surface area contributed by atoms with Gasteiger partial charge in [-0.25, -0.2) is 4.68 Å². The van der Waals surface area contributed by atoms with Crippen LogP contribution in [-0.4, -0.2) is 46.0 Å². The van der Waals surface area contributed by atoms with Crippen molar-refractivity contribution < 1.29 is 4.52 Å². The highest BCUT2D eigenvalue weighted by Gasteiger charge is 2.20. The van der Waals surface area contributed by atoms with Crippen molar-refractivity contribution in [1.29, 1.82) is 0 Å². The molecule has 0 N–H and O–H groups in total. The van der Waals surface area contributed by atoms with Crippen LogP contribution in [0.3, 0.4) is 0 Å². The monoisotopic (exact) mass is 303 g/mol. The van der Waals surface area contributed by atoms with E-state index in [2.05, 4.69) is 20.1 Å². The maximum absolute atomic E-state index is 11.4. The first-order chi connectivity index (χ1) is 10.5. The lowest BCUT2D eigenvalue weighted by atomic mass is 10.2. The third-order valence-corrected chi connectivity index (χ3v) is 4.21. The van der Waals surface area contributed by atoms with Gasteiger partial charge in [0.25, 0.3) is 5.56 Å². The highest BCUT2D eigenvalue weighted by atomic mass is 16.5. The topological polar surface area (TPSA) is 67.4 Å². The lowest BCUT2D eigenvalue weighted by Crippen LogP contribution is -2.46. The third kappa shape index (κ3) is 2.89. The van der Waals surface area contributed by atoms with Crippen molar-refractivity contribution in [2.75, 3.05) is 31.1 Å². The van der Waals surface area contributed by atoms with Crippen LogP contribution in [0.1, 0.15) is 17.0 Å². The molecule has 0 unspecified atom stereocenters. The summed E-state index contributed by atoms with van der Waals surface area (Å²) in [5, 5.41) is 8.32. The summed E-state index contributed by atoms with van der Waals surface area (Å²) in [6.45, 7) is 8.51. The van der Waals surface area contributed by atoms with Gasteiger partial charge < -0.3 is 9.42 Å². The van der Waals surface area contributed by atoms with E-state index in [0.29, 0.717) is 0 Å². The Balaban J connectivity index is 1.63. The molecule has 7 nitrogen and oxygen atoms in total. The number of aromatic nitrogens is 3. The molecular weight excluding hydrogens is 282 g/mol. The van der Waals surface area contributed by atoms with E-state index < -0.39 is 0 Å². The lowest BCUT2D eigenvalue weighted by molar-refractivity contribution is 0.247. The molecule has 1 aliphatic rings. The maximum atomic E-state index is 11.4. The number of rotatable bonds is 3. The zero-order valence-corrected chi connectivity index (χ0v) is 13.2. The Hall–Kier alpha value is -2.15. The molecule has 3 heterocycles. The predicted molar refractivity (Wildman–Crippen MR) is 82.9 cm³/mol. The van der Waals surface area contributed by atoms with E-state index >= 15 is 0 Å². The molecule has 0 atom stereocenters. The smallest absolute Gasteiger partial charge is 0.266 e. The molecule has 0 aliphatic carbocycles. The highest BCUT2D eigenvalue weighted by molar-refractivity contribution is 5.37. The van der Waals surface area contributed by atoms with Gasteiger partial charge in [-0.3, -0.25) is 9.69 Å². The molecule has 7 heteroatoms. The van der Waals surface area contributed by atoms with Crippen molar-refractivity contribution in [2.45, 2.75) is 20.4 Å². The third-order valence-electron chi connectivity index (χ3n) is 4.21. The van der Waals surface area contributed by atoms with E-state index in [9.17, 15) is 4.79 Å². The molecule has 0 bridgehead atoms. The van der Waals surface area contributed by atoms with Gasteiger partial charge in [0.1, 0.15) is 11.6 Å². The SMILES string of the molecule is Cc1noc(C)c1CN1CCN(c2ccc(=O)n(C)n2)CC1. The van der Waals surface area contributed by atoms with Crippen molar-refractivity contribution >= 4 is 5.82 Å². The maximum Gasteiger partial charge on any atom is 0.266 e. The zero-order valence-electron chi connectivity index (χ0n) is 13.2. The van der Waals surface area contributed by atoms with Crippen LogP contribution >= 0.6 is 0 Å². The minimum atomic E-state index is -0.0826. The second kappa shape index (κ2) is 5.92. The van der Waals surface area contributed by atoms with Crippen molar-refractivity contribution in [2.24, 2.45) is 7.05 Å². The first kappa shape index (κ1) is 14.8. The van der Waals surface area contributed by atoms with Gasteiger partial charge >= 0.3 is 0 Å². The number of hydrogen-bond donors (Lipinski definition) is 0. The quantitative estimate of drug-likeness (QED) is 0.832. The van der Waals surface area contributed by atoms with E-state index in [-0.39, 0.29) is 5.56 Å². The molecule has 0 radical (unpaired) electrons. The van der Waals surface area contributed by atoms with E-state index in [4.69, 9.17) is 4.52 Å². The predicted octanol–water partition coefficient (Wildman–Crippen LogP) is 0.707. The summed E-state index contributed by atoms with van der Waals surface area (Å²) in [4.78, 5) is 16.0. The van der Waals surface area contributed by atoms with E-state index in [1.54, 1.807) is 19.2 Å². The zero-order chi connectivity index (χ0) is 15.7. The number of piperazine rings is 1. The Morgan fingerprint density at radius 1 is 1.18 bits per heavy atom. The van der Waals surface area contributed by atoms with E-state index in [0.717, 1.165) is 50.0 Å². The van der Waals surface area contributed by atoms with Gasteiger partial charge in [0, 0.05) is 51.4 Å². The van der Waals surface area contributed by atoms with E-state index in [1.165, 1.54) is 10.2 Å². The van der Waals surface area contributed by atoms with Crippen LogP contribution in [0.5, 0.6) is 0 Å². The number of aryl methyl sites for hydroxylation is 3. The first-order valence-corrected chi connectivity index (χ1v) is 7.48. The van der Waals surface area contributed by atoms with Gasteiger partial charge in [-0.05, 0) is 19.9 Å². The Kier molecular flexibility index (Phi) is 3.98. The van der Waals surface area contributed by atoms with Crippen molar-refractivity contribution in [3.8, 4) is 0 Å². The van der Waals surface area contributed by atoms with Crippen LogP contribution in [0.25, 0.3) is 0 Å². The first-order valence-electron chi connectivity index (χ1n) is 7.48. The molecule has 3 rings (SSSR count). The average molecular weight is 303 g/mol. The molecule has 0 spiro atoms. The minimum Gasteiger partial charge on any atom is -0.361 e. The van der Waals surface area contributed by atoms with Crippen LogP contribution in [0.4, 0.5) is 5.82 Å². The molecule has 22 heavy (non-hydrogen) atoms. The standard InChI is InChI=1S/C15H21N5O2/c1-11-13(12(2)22-17-11)10-19-6-8-20(9-7-19)14-4-5-15(21)18(3)16-14/h4-5H,6-10H2,1-3H3. The van der Waals surface area contributed by atoms with Gasteiger partial charge in [-0.15, -0.1) is 0 Å². The largest absolute Gasteiger partial charge is 0.361 e. The Bertz CT molecular complexity index is 693. The van der Waals surface area contributed by atoms with Crippen molar-refractivity contribution in [3.05, 3.63) is 39.5 Å². The minimum absolute atomic E-state index is 0.0826. The van der Waals surface area contributed by atoms with Gasteiger partial charge in [-0.1, -0.05) is 5.16 Å². The van der Waals surface area contributed by atoms with Crippen LogP contribution in [0.15, 0.2) is 21.5 Å². The van der Waals surface area contributed by atoms with Gasteiger partial charge in [0.05, 0.1) is 5.69 Å². The van der Waals surface area contributed by atoms with Crippen molar-refractivity contribution in [1.82, 2.24) is 19.8 Å². The van der Waals surface area contributed by atoms with E-state index in [1.807, 2.05) is 13.8 Å². The second-order valence-electron chi connectivity index (χ2n) is 5.72. The fraction of sp³-hybridized carbons (Fsp3) is 0.533. The number of hydrogen-bond acceptors (Lipinski definition) is 6. The Morgan fingerprint density at radius 3 is 2.50 bits per heavy atom. The van der Waals surface area contributed by atoms with Gasteiger partial charge in [0.2, 0.25) is 0 Å². The summed E-state index contributed by atoms with van der Waals surface area (Å²) >= 11 is 0. The fourth-order valence-corrected chi connectivity index (χ4v) is 2.74. The molecule has 0 saturated carbocycles. The molecule has 2 aromatic heterocycles. The number of nitrogens with zero attached hydrogens (tertiary/aromatic N) is 5. The van der Waals surface area contributed by atoms with Crippen LogP contribution in [-0.2, 0) is 13.6 Å². The van der Waals surface area contributed by atoms with Crippen LogP contribution in [0.2, 0.25) is 0 Å². The summed E-state index contributed by atoms with van der Waals surface area (Å²) in [6.07, 6.45) is 0. The molecule has 1 aliphatic heterocycles. The molecule has 0 amide bonds. The Morgan fingerprint density at radius 2 is 1.91 bits per heavy atom. The number of anilines is 1. The molecule has 0 aromatic carbocycles. The molecule has 2 aromatic rings. The summed E-state index contributed by atoms with van der Waals surface area (Å²) in [6, 6.07) is 3.37. The molecule has 1 saturated heterocycles. The lowest BCUT2D eigenvalue weighted by Gasteiger charge is -2.35. The second-order valence-corrected chi connectivity index (χ2v) is 5.72. The Labute approximate surface area is 129 Å². The summed E-state index contributed by atoms with van der Waals surface area (Å²) in [7, 11) is 1.68. The molecular formula is C15H21N5O2. The average Bonchev–Trinajstić information content (AvgIpc) is 2.83. The van der Waals surface area contributed by atoms with Gasteiger partial charge in [0.15, 0.2) is 0 Å². The summed E-state index contributed by atoms with van der Waals surface area (Å²) in [5.41, 5.74) is 2.08. The van der Waals surface area contributed by atoms with Crippen molar-refractivity contribution in [3.63, 3.8) is 0 Å². The molecule has 118 valence electrons. The van der Waals surface area contributed by atoms with Gasteiger partial charge in [-0.2, -0.15) is 5.10 Å². The van der Waals surface area contributed by atoms with Crippen LogP contribution < -0.4 is 10.5 Å². The molecule has 1 fully saturated rings. The summed E-state index contributed by atoms with van der Waals surface area (Å²) in [5.74, 6) is 1.76. The van der Waals surface area contributed by atoms with Crippen LogP contribution in [0, 0.1) is 13.8 Å². The fourth-order valence-electron chi connectivity index (χ4n) is 2.74. The highest BCUT2D eigenvalue weighted by Crippen LogP contribution is 2.17.